The quantitative estimate of drug-likeness (QED) is 0.648. The minimum Gasteiger partial charge on any atom is -0.459 e. The van der Waals surface area contributed by atoms with Crippen LogP contribution in [0, 0.1) is 6.92 Å². The van der Waals surface area contributed by atoms with E-state index in [-0.39, 0.29) is 18.2 Å². The van der Waals surface area contributed by atoms with Crippen molar-refractivity contribution < 1.29 is 23.5 Å². The van der Waals surface area contributed by atoms with Crippen LogP contribution in [0.25, 0.3) is 0 Å². The lowest BCUT2D eigenvalue weighted by Gasteiger charge is -2.26. The van der Waals surface area contributed by atoms with E-state index in [2.05, 4.69) is 5.32 Å². The Labute approximate surface area is 183 Å². The van der Waals surface area contributed by atoms with Crippen molar-refractivity contribution >= 4 is 23.5 Å². The van der Waals surface area contributed by atoms with Crippen LogP contribution >= 0.6 is 0 Å². The van der Waals surface area contributed by atoms with Gasteiger partial charge in [0, 0.05) is 24.3 Å². The van der Waals surface area contributed by atoms with Crippen LogP contribution in [-0.4, -0.2) is 66.9 Å². The average Bonchev–Trinajstić information content (AvgIpc) is 3.19. The molecule has 0 saturated carbocycles. The maximum atomic E-state index is 13.2. The Hall–Kier alpha value is -3.13. The molecule has 0 radical (unpaired) electrons. The first kappa shape index (κ1) is 24.1. The van der Waals surface area contributed by atoms with E-state index in [4.69, 9.17) is 9.15 Å². The number of hydrogen-bond donors (Lipinski definition) is 1. The molecular weight excluding hydrogens is 398 g/mol. The molecule has 2 amide bonds. The van der Waals surface area contributed by atoms with Gasteiger partial charge in [0.1, 0.15) is 12.1 Å². The summed E-state index contributed by atoms with van der Waals surface area (Å²) in [5.74, 6) is -1.02. The molecule has 168 valence electrons. The molecule has 1 aromatic carbocycles. The fourth-order valence-electron chi connectivity index (χ4n) is 2.77. The lowest BCUT2D eigenvalue weighted by Crippen LogP contribution is -2.42. The monoisotopic (exact) mass is 429 g/mol. The molecule has 0 aliphatic heterocycles. The van der Waals surface area contributed by atoms with Crippen molar-refractivity contribution in [3.05, 3.63) is 53.5 Å². The second kappa shape index (κ2) is 10.3. The summed E-state index contributed by atoms with van der Waals surface area (Å²) in [5.41, 5.74) is 1.02. The summed E-state index contributed by atoms with van der Waals surface area (Å²) in [5, 5.41) is 2.77. The number of benzene rings is 1. The normalized spacial score (nSPS) is 11.3. The van der Waals surface area contributed by atoms with Crippen LogP contribution in [0.3, 0.4) is 0 Å². The molecule has 0 aliphatic rings. The molecule has 1 N–H and O–H groups in total. The maximum Gasteiger partial charge on any atom is 0.326 e. The fraction of sp³-hybridized carbons (Fsp3) is 0.435. The Morgan fingerprint density at radius 3 is 2.39 bits per heavy atom. The SMILES string of the molecule is Cc1ccc(C(=O)N(CCN(C)C)CC(=O)OC(C)(C)C)cc1NC(=O)c1ccco1. The van der Waals surface area contributed by atoms with Gasteiger partial charge in [0.2, 0.25) is 0 Å². The first-order valence-corrected chi connectivity index (χ1v) is 10.1. The van der Waals surface area contributed by atoms with Gasteiger partial charge in [0.15, 0.2) is 5.76 Å². The summed E-state index contributed by atoms with van der Waals surface area (Å²) in [7, 11) is 3.79. The van der Waals surface area contributed by atoms with Gasteiger partial charge in [-0.25, -0.2) is 0 Å². The van der Waals surface area contributed by atoms with Crippen LogP contribution in [0.15, 0.2) is 41.0 Å². The van der Waals surface area contributed by atoms with Gasteiger partial charge >= 0.3 is 5.97 Å². The molecule has 0 bridgehead atoms. The number of anilines is 1. The number of esters is 1. The molecule has 0 spiro atoms. The van der Waals surface area contributed by atoms with Gasteiger partial charge in [-0.3, -0.25) is 14.4 Å². The summed E-state index contributed by atoms with van der Waals surface area (Å²) in [6.45, 7) is 7.96. The molecule has 8 heteroatoms. The van der Waals surface area contributed by atoms with E-state index in [1.807, 2.05) is 25.9 Å². The highest BCUT2D eigenvalue weighted by atomic mass is 16.6. The second-order valence-electron chi connectivity index (χ2n) is 8.58. The molecule has 0 aliphatic carbocycles. The van der Waals surface area contributed by atoms with Gasteiger partial charge in [0.25, 0.3) is 11.8 Å². The number of amides is 2. The maximum absolute atomic E-state index is 13.2. The van der Waals surface area contributed by atoms with Crippen LogP contribution in [0.5, 0.6) is 0 Å². The van der Waals surface area contributed by atoms with Crippen LogP contribution < -0.4 is 5.32 Å². The highest BCUT2D eigenvalue weighted by Crippen LogP contribution is 2.20. The summed E-state index contributed by atoms with van der Waals surface area (Å²) in [4.78, 5) is 41.3. The summed E-state index contributed by atoms with van der Waals surface area (Å²) >= 11 is 0. The first-order valence-electron chi connectivity index (χ1n) is 10.1. The zero-order chi connectivity index (χ0) is 23.2. The summed E-state index contributed by atoms with van der Waals surface area (Å²) in [6.07, 6.45) is 1.42. The van der Waals surface area contributed by atoms with Gasteiger partial charge in [-0.2, -0.15) is 0 Å². The van der Waals surface area contributed by atoms with Crippen molar-refractivity contribution in [2.75, 3.05) is 39.0 Å². The van der Waals surface area contributed by atoms with E-state index < -0.39 is 17.5 Å². The third-order valence-corrected chi connectivity index (χ3v) is 4.32. The number of aryl methyl sites for hydroxylation is 1. The Morgan fingerprint density at radius 2 is 1.81 bits per heavy atom. The molecule has 1 heterocycles. The average molecular weight is 430 g/mol. The molecule has 31 heavy (non-hydrogen) atoms. The van der Waals surface area contributed by atoms with Crippen molar-refractivity contribution in [2.45, 2.75) is 33.3 Å². The van der Waals surface area contributed by atoms with E-state index in [0.717, 1.165) is 5.56 Å². The molecule has 2 rings (SSSR count). The van der Waals surface area contributed by atoms with Gasteiger partial charge < -0.3 is 24.3 Å². The number of nitrogens with zero attached hydrogens (tertiary/aromatic N) is 2. The third kappa shape index (κ3) is 7.57. The van der Waals surface area contributed by atoms with E-state index in [1.165, 1.54) is 11.2 Å². The van der Waals surface area contributed by atoms with E-state index in [0.29, 0.717) is 24.3 Å². The molecular formula is C23H31N3O5. The molecule has 8 nitrogen and oxygen atoms in total. The van der Waals surface area contributed by atoms with Crippen LogP contribution in [-0.2, 0) is 9.53 Å². The molecule has 1 aromatic heterocycles. The van der Waals surface area contributed by atoms with Crippen LogP contribution in [0.2, 0.25) is 0 Å². The fourth-order valence-corrected chi connectivity index (χ4v) is 2.77. The second-order valence-corrected chi connectivity index (χ2v) is 8.58. The third-order valence-electron chi connectivity index (χ3n) is 4.32. The topological polar surface area (TPSA) is 92.1 Å². The Morgan fingerprint density at radius 1 is 1.10 bits per heavy atom. The van der Waals surface area contributed by atoms with E-state index in [9.17, 15) is 14.4 Å². The number of ether oxygens (including phenoxy) is 1. The van der Waals surface area contributed by atoms with Gasteiger partial charge in [-0.1, -0.05) is 6.07 Å². The number of nitrogens with one attached hydrogen (secondary N) is 1. The largest absolute Gasteiger partial charge is 0.459 e. The molecule has 0 fully saturated rings. The zero-order valence-corrected chi connectivity index (χ0v) is 19.0. The smallest absolute Gasteiger partial charge is 0.326 e. The molecule has 0 atom stereocenters. The Kier molecular flexibility index (Phi) is 7.99. The van der Waals surface area contributed by atoms with E-state index in [1.54, 1.807) is 51.1 Å². The number of hydrogen-bond acceptors (Lipinski definition) is 6. The summed E-state index contributed by atoms with van der Waals surface area (Å²) in [6, 6.07) is 8.22. The van der Waals surface area contributed by atoms with Crippen LogP contribution in [0.1, 0.15) is 47.2 Å². The van der Waals surface area contributed by atoms with Gasteiger partial charge in [0.05, 0.1) is 6.26 Å². The predicted octanol–water partition coefficient (Wildman–Crippen LogP) is 3.19. The van der Waals surface area contributed by atoms with Crippen molar-refractivity contribution in [1.82, 2.24) is 9.80 Å². The number of likely N-dealkylation sites (N-methyl/N-ethyl adjacent to an activating group) is 1. The predicted molar refractivity (Wildman–Crippen MR) is 118 cm³/mol. The van der Waals surface area contributed by atoms with E-state index >= 15 is 0 Å². The minimum atomic E-state index is -0.638. The lowest BCUT2D eigenvalue weighted by atomic mass is 10.1. The molecule has 0 unspecified atom stereocenters. The standard InChI is InChI=1S/C23H31N3O5/c1-16-9-10-17(14-18(16)24-21(28)19-8-7-13-30-19)22(29)26(12-11-25(5)6)15-20(27)31-23(2,3)4/h7-10,13-14H,11-12,15H2,1-6H3,(H,24,28). The highest BCUT2D eigenvalue weighted by molar-refractivity contribution is 6.04. The van der Waals surface area contributed by atoms with Gasteiger partial charge in [-0.15, -0.1) is 0 Å². The minimum absolute atomic E-state index is 0.161. The van der Waals surface area contributed by atoms with Crippen LogP contribution in [0.4, 0.5) is 5.69 Å². The number of carbonyl (C=O) groups excluding carboxylic acids is 3. The van der Waals surface area contributed by atoms with Gasteiger partial charge in [-0.05, 0) is 71.6 Å². The van der Waals surface area contributed by atoms with Crippen molar-refractivity contribution in [2.24, 2.45) is 0 Å². The highest BCUT2D eigenvalue weighted by Gasteiger charge is 2.24. The molecule has 0 saturated heterocycles. The number of carbonyl (C=O) groups is 3. The van der Waals surface area contributed by atoms with Crippen molar-refractivity contribution in [1.29, 1.82) is 0 Å². The lowest BCUT2D eigenvalue weighted by molar-refractivity contribution is -0.155. The first-order chi connectivity index (χ1) is 14.5. The number of rotatable bonds is 8. The zero-order valence-electron chi connectivity index (χ0n) is 19.0. The number of furan rings is 1. The van der Waals surface area contributed by atoms with Crippen molar-refractivity contribution in [3.63, 3.8) is 0 Å². The Balaban J connectivity index is 2.22. The van der Waals surface area contributed by atoms with Crippen molar-refractivity contribution in [3.8, 4) is 0 Å². The Bertz CT molecular complexity index is 914. The summed E-state index contributed by atoms with van der Waals surface area (Å²) < 4.78 is 10.5. The molecule has 2 aromatic rings.